The molecule has 0 unspecified atom stereocenters. The molecule has 0 saturated carbocycles. The summed E-state index contributed by atoms with van der Waals surface area (Å²) in [6.45, 7) is 8.74. The normalized spacial score (nSPS) is 10.9. The van der Waals surface area contributed by atoms with Gasteiger partial charge in [0.1, 0.15) is 0 Å². The Morgan fingerprint density at radius 3 is 2.00 bits per heavy atom. The summed E-state index contributed by atoms with van der Waals surface area (Å²) in [4.78, 5) is 5.76. The van der Waals surface area contributed by atoms with Gasteiger partial charge in [-0.1, -0.05) is 32.9 Å². The predicted octanol–water partition coefficient (Wildman–Crippen LogP) is 4.39. The van der Waals surface area contributed by atoms with Crippen LogP contribution < -0.4 is 5.73 Å². The van der Waals surface area contributed by atoms with Crippen LogP contribution in [0.1, 0.15) is 42.3 Å². The molecule has 0 aliphatic carbocycles. The molecule has 0 fully saturated rings. The number of aromatic nitrogens is 1. The number of hydrogen-bond donors (Lipinski definition) is 1. The zero-order valence-corrected chi connectivity index (χ0v) is 13.0. The molecule has 0 radical (unpaired) electrons. The number of anilines is 1. The van der Waals surface area contributed by atoms with Gasteiger partial charge in [0, 0.05) is 10.4 Å². The summed E-state index contributed by atoms with van der Waals surface area (Å²) in [5.74, 6) is 0. The molecule has 0 bridgehead atoms. The summed E-state index contributed by atoms with van der Waals surface area (Å²) in [5.41, 5.74) is 12.5. The molecule has 0 aliphatic rings. The monoisotopic (exact) mass is 274 g/mol. The van der Waals surface area contributed by atoms with E-state index in [9.17, 15) is 0 Å². The SMILES string of the molecule is CCc1cc(CC)c(-c2nc(N)sc2C)c(CC)c1. The van der Waals surface area contributed by atoms with Crippen molar-refractivity contribution in [1.29, 1.82) is 0 Å². The van der Waals surface area contributed by atoms with Crippen LogP contribution in [-0.2, 0) is 19.3 Å². The zero-order valence-electron chi connectivity index (χ0n) is 12.2. The third-order valence-corrected chi connectivity index (χ3v) is 4.38. The van der Waals surface area contributed by atoms with Crippen molar-refractivity contribution in [1.82, 2.24) is 4.98 Å². The maximum atomic E-state index is 5.86. The van der Waals surface area contributed by atoms with Crippen LogP contribution in [0.3, 0.4) is 0 Å². The van der Waals surface area contributed by atoms with E-state index in [0.717, 1.165) is 25.0 Å². The standard InChI is InChI=1S/C16H22N2S/c1-5-11-8-12(6-2)14(13(7-3)9-11)15-10(4)19-16(17)18-15/h8-9H,5-7H2,1-4H3,(H2,17,18). The van der Waals surface area contributed by atoms with E-state index in [2.05, 4.69) is 44.8 Å². The molecule has 0 spiro atoms. The second-order valence-electron chi connectivity index (χ2n) is 4.81. The van der Waals surface area contributed by atoms with E-state index in [4.69, 9.17) is 5.73 Å². The number of hydrogen-bond acceptors (Lipinski definition) is 3. The van der Waals surface area contributed by atoms with Crippen molar-refractivity contribution in [2.24, 2.45) is 0 Å². The molecule has 2 nitrogen and oxygen atoms in total. The number of thiazole rings is 1. The Bertz CT molecular complexity index is 559. The van der Waals surface area contributed by atoms with Crippen LogP contribution in [0.25, 0.3) is 11.3 Å². The van der Waals surface area contributed by atoms with E-state index < -0.39 is 0 Å². The number of nitrogens with zero attached hydrogens (tertiary/aromatic N) is 1. The van der Waals surface area contributed by atoms with Gasteiger partial charge in [-0.25, -0.2) is 4.98 Å². The molecule has 0 aliphatic heterocycles. The van der Waals surface area contributed by atoms with Crippen molar-refractivity contribution in [3.05, 3.63) is 33.7 Å². The Balaban J connectivity index is 2.70. The molecule has 102 valence electrons. The number of rotatable bonds is 4. The fourth-order valence-corrected chi connectivity index (χ4v) is 3.25. The minimum Gasteiger partial charge on any atom is -0.375 e. The first kappa shape index (κ1) is 14.1. The van der Waals surface area contributed by atoms with Gasteiger partial charge in [-0.15, -0.1) is 11.3 Å². The maximum Gasteiger partial charge on any atom is 0.180 e. The summed E-state index contributed by atoms with van der Waals surface area (Å²) in [6, 6.07) is 4.65. The van der Waals surface area contributed by atoms with E-state index in [1.165, 1.54) is 27.1 Å². The van der Waals surface area contributed by atoms with Gasteiger partial charge >= 0.3 is 0 Å². The third kappa shape index (κ3) is 2.66. The van der Waals surface area contributed by atoms with Gasteiger partial charge in [0.05, 0.1) is 5.69 Å². The highest BCUT2D eigenvalue weighted by Gasteiger charge is 2.16. The number of aryl methyl sites for hydroxylation is 4. The Hall–Kier alpha value is -1.35. The minimum atomic E-state index is 0.663. The van der Waals surface area contributed by atoms with Crippen molar-refractivity contribution in [2.75, 3.05) is 5.73 Å². The Kier molecular flexibility index (Phi) is 4.25. The first-order valence-corrected chi connectivity index (χ1v) is 7.80. The van der Waals surface area contributed by atoms with Crippen molar-refractivity contribution >= 4 is 16.5 Å². The first-order chi connectivity index (χ1) is 9.10. The fraction of sp³-hybridized carbons (Fsp3) is 0.438. The molecule has 3 heteroatoms. The molecule has 2 aromatic rings. The van der Waals surface area contributed by atoms with Crippen LogP contribution in [-0.4, -0.2) is 4.98 Å². The van der Waals surface area contributed by atoms with Gasteiger partial charge in [0.15, 0.2) is 5.13 Å². The lowest BCUT2D eigenvalue weighted by atomic mass is 9.91. The van der Waals surface area contributed by atoms with E-state index in [1.807, 2.05) is 0 Å². The Morgan fingerprint density at radius 2 is 1.63 bits per heavy atom. The van der Waals surface area contributed by atoms with E-state index >= 15 is 0 Å². The van der Waals surface area contributed by atoms with E-state index in [1.54, 1.807) is 11.3 Å². The summed E-state index contributed by atoms with van der Waals surface area (Å²) in [5, 5.41) is 0.663. The largest absolute Gasteiger partial charge is 0.375 e. The minimum absolute atomic E-state index is 0.663. The first-order valence-electron chi connectivity index (χ1n) is 6.98. The zero-order chi connectivity index (χ0) is 14.0. The molecule has 2 rings (SSSR count). The second-order valence-corrected chi connectivity index (χ2v) is 6.04. The topological polar surface area (TPSA) is 38.9 Å². The van der Waals surface area contributed by atoms with Crippen molar-refractivity contribution in [3.63, 3.8) is 0 Å². The molecule has 1 aromatic heterocycles. The molecule has 19 heavy (non-hydrogen) atoms. The van der Waals surface area contributed by atoms with Crippen LogP contribution in [0.2, 0.25) is 0 Å². The Morgan fingerprint density at radius 1 is 1.05 bits per heavy atom. The van der Waals surface area contributed by atoms with Crippen LogP contribution >= 0.6 is 11.3 Å². The van der Waals surface area contributed by atoms with Gasteiger partial charge < -0.3 is 5.73 Å². The van der Waals surface area contributed by atoms with E-state index in [-0.39, 0.29) is 0 Å². The molecule has 2 N–H and O–H groups in total. The predicted molar refractivity (Wildman–Crippen MR) is 84.8 cm³/mol. The van der Waals surface area contributed by atoms with Crippen molar-refractivity contribution < 1.29 is 0 Å². The average Bonchev–Trinajstić information content (AvgIpc) is 2.75. The van der Waals surface area contributed by atoms with Crippen LogP contribution in [0, 0.1) is 6.92 Å². The van der Waals surface area contributed by atoms with E-state index in [0.29, 0.717) is 5.13 Å². The quantitative estimate of drug-likeness (QED) is 0.898. The molecule has 0 atom stereocenters. The van der Waals surface area contributed by atoms with Gasteiger partial charge in [0.2, 0.25) is 0 Å². The highest BCUT2D eigenvalue weighted by molar-refractivity contribution is 7.15. The van der Waals surface area contributed by atoms with Gasteiger partial charge in [-0.3, -0.25) is 0 Å². The average molecular weight is 274 g/mol. The van der Waals surface area contributed by atoms with Gasteiger partial charge in [-0.05, 0) is 42.9 Å². The summed E-state index contributed by atoms with van der Waals surface area (Å²) < 4.78 is 0. The molecule has 0 amide bonds. The molecule has 0 saturated heterocycles. The molecule has 1 aromatic carbocycles. The van der Waals surface area contributed by atoms with Crippen LogP contribution in [0.4, 0.5) is 5.13 Å². The molecule has 1 heterocycles. The lowest BCUT2D eigenvalue weighted by Gasteiger charge is -2.14. The number of nitrogen functional groups attached to an aromatic ring is 1. The Labute approximate surface area is 119 Å². The summed E-state index contributed by atoms with van der Waals surface area (Å²) in [7, 11) is 0. The smallest absolute Gasteiger partial charge is 0.180 e. The highest BCUT2D eigenvalue weighted by atomic mass is 32.1. The highest BCUT2D eigenvalue weighted by Crippen LogP contribution is 2.35. The molecular weight excluding hydrogens is 252 g/mol. The number of benzene rings is 1. The lowest BCUT2D eigenvalue weighted by Crippen LogP contribution is -1.99. The van der Waals surface area contributed by atoms with Crippen molar-refractivity contribution in [3.8, 4) is 11.3 Å². The summed E-state index contributed by atoms with van der Waals surface area (Å²) in [6.07, 6.45) is 3.15. The summed E-state index contributed by atoms with van der Waals surface area (Å²) >= 11 is 1.58. The van der Waals surface area contributed by atoms with Gasteiger partial charge in [0.25, 0.3) is 0 Å². The van der Waals surface area contributed by atoms with Crippen LogP contribution in [0.15, 0.2) is 12.1 Å². The lowest BCUT2D eigenvalue weighted by molar-refractivity contribution is 1.04. The third-order valence-electron chi connectivity index (χ3n) is 3.58. The fourth-order valence-electron chi connectivity index (χ4n) is 2.55. The molecular formula is C16H22N2S. The van der Waals surface area contributed by atoms with Gasteiger partial charge in [-0.2, -0.15) is 0 Å². The maximum absolute atomic E-state index is 5.86. The second kappa shape index (κ2) is 5.74. The van der Waals surface area contributed by atoms with Crippen molar-refractivity contribution in [2.45, 2.75) is 47.0 Å². The number of nitrogens with two attached hydrogens (primary N) is 1. The van der Waals surface area contributed by atoms with Crippen LogP contribution in [0.5, 0.6) is 0 Å².